The number of carbonyl (C=O) groups is 2. The van der Waals surface area contributed by atoms with Crippen LogP contribution >= 0.6 is 35.3 Å². The molecule has 0 spiro atoms. The summed E-state index contributed by atoms with van der Waals surface area (Å²) in [5.74, 6) is 0.00548. The van der Waals surface area contributed by atoms with Crippen molar-refractivity contribution in [3.05, 3.63) is 57.6 Å². The highest BCUT2D eigenvalue weighted by Gasteiger charge is 2.31. The van der Waals surface area contributed by atoms with Crippen molar-refractivity contribution in [3.63, 3.8) is 0 Å². The maximum Gasteiger partial charge on any atom is 0.266 e. The standard InChI is InChI=1S/C20H20N2O2S3/c23-18(21-15-8-3-1-4-9-15)11-5-2-6-12-22-19(24)17(27-20(22)25)14-16-10-7-13-26-16/h1,3-4,7-10,13-14H,2,5-6,11-12H2,(H,21,23)/b17-14-. The van der Waals surface area contributed by atoms with Gasteiger partial charge in [0, 0.05) is 23.5 Å². The van der Waals surface area contributed by atoms with Crippen LogP contribution in [0.5, 0.6) is 0 Å². The van der Waals surface area contributed by atoms with Gasteiger partial charge in [0.15, 0.2) is 0 Å². The molecule has 1 aliphatic rings. The SMILES string of the molecule is O=C(CCCCCN1C(=O)/C(=C/c2cccs2)SC1=S)Nc1ccccc1. The highest BCUT2D eigenvalue weighted by atomic mass is 32.2. The average molecular weight is 417 g/mol. The first-order valence-corrected chi connectivity index (χ1v) is 10.9. The van der Waals surface area contributed by atoms with Gasteiger partial charge in [-0.2, -0.15) is 0 Å². The Labute approximate surface area is 172 Å². The lowest BCUT2D eigenvalue weighted by Crippen LogP contribution is -2.29. The fourth-order valence-corrected chi connectivity index (χ4v) is 4.70. The zero-order chi connectivity index (χ0) is 19.1. The second-order valence-corrected chi connectivity index (χ2v) is 8.73. The summed E-state index contributed by atoms with van der Waals surface area (Å²) in [7, 11) is 0. The lowest BCUT2D eigenvalue weighted by molar-refractivity contribution is -0.122. The van der Waals surface area contributed by atoms with Gasteiger partial charge in [0.25, 0.3) is 5.91 Å². The molecular weight excluding hydrogens is 396 g/mol. The molecule has 0 bridgehead atoms. The van der Waals surface area contributed by atoms with Gasteiger partial charge in [0.2, 0.25) is 5.91 Å². The number of amides is 2. The number of thiocarbonyl (C=S) groups is 1. The lowest BCUT2D eigenvalue weighted by Gasteiger charge is -2.14. The van der Waals surface area contributed by atoms with Gasteiger partial charge in [-0.25, -0.2) is 0 Å². The van der Waals surface area contributed by atoms with Gasteiger partial charge >= 0.3 is 0 Å². The Morgan fingerprint density at radius 3 is 2.67 bits per heavy atom. The molecule has 3 rings (SSSR count). The summed E-state index contributed by atoms with van der Waals surface area (Å²) >= 11 is 8.31. The number of carbonyl (C=O) groups excluding carboxylic acids is 2. The minimum absolute atomic E-state index is 0.0137. The molecule has 1 aromatic carbocycles. The number of unbranched alkanes of at least 4 members (excludes halogenated alkanes) is 2. The summed E-state index contributed by atoms with van der Waals surface area (Å²) in [5, 5.41) is 4.87. The van der Waals surface area contributed by atoms with Crippen molar-refractivity contribution in [3.8, 4) is 0 Å². The van der Waals surface area contributed by atoms with Gasteiger partial charge in [-0.1, -0.05) is 54.7 Å². The topological polar surface area (TPSA) is 49.4 Å². The maximum absolute atomic E-state index is 12.5. The van der Waals surface area contributed by atoms with E-state index in [0.29, 0.717) is 22.2 Å². The fourth-order valence-electron chi connectivity index (χ4n) is 2.67. The van der Waals surface area contributed by atoms with Crippen molar-refractivity contribution in [1.29, 1.82) is 0 Å². The maximum atomic E-state index is 12.5. The molecule has 1 fully saturated rings. The number of anilines is 1. The van der Waals surface area contributed by atoms with Crippen molar-refractivity contribution in [2.75, 3.05) is 11.9 Å². The van der Waals surface area contributed by atoms with Crippen LogP contribution in [-0.2, 0) is 9.59 Å². The summed E-state index contributed by atoms with van der Waals surface area (Å²) in [5.41, 5.74) is 0.817. The van der Waals surface area contributed by atoms with Gasteiger partial charge in [0.05, 0.1) is 4.91 Å². The van der Waals surface area contributed by atoms with Crippen LogP contribution in [0.2, 0.25) is 0 Å². The van der Waals surface area contributed by atoms with Crippen LogP contribution in [0.3, 0.4) is 0 Å². The van der Waals surface area contributed by atoms with E-state index >= 15 is 0 Å². The van der Waals surface area contributed by atoms with Crippen molar-refractivity contribution in [2.45, 2.75) is 25.7 Å². The van der Waals surface area contributed by atoms with Crippen LogP contribution in [0.25, 0.3) is 6.08 Å². The van der Waals surface area contributed by atoms with E-state index in [9.17, 15) is 9.59 Å². The van der Waals surface area contributed by atoms with E-state index in [1.54, 1.807) is 16.2 Å². The van der Waals surface area contributed by atoms with E-state index in [4.69, 9.17) is 12.2 Å². The molecule has 4 nitrogen and oxygen atoms in total. The predicted molar refractivity (Wildman–Crippen MR) is 118 cm³/mol. The molecule has 2 heterocycles. The number of hydrogen-bond acceptors (Lipinski definition) is 5. The molecule has 2 aromatic rings. The Bertz CT molecular complexity index is 832. The number of rotatable bonds is 8. The molecule has 7 heteroatoms. The number of thiophene rings is 1. The van der Waals surface area contributed by atoms with Crippen LogP contribution in [-0.4, -0.2) is 27.6 Å². The number of nitrogens with one attached hydrogen (secondary N) is 1. The second-order valence-electron chi connectivity index (χ2n) is 6.07. The van der Waals surface area contributed by atoms with Gasteiger partial charge < -0.3 is 5.32 Å². The highest BCUT2D eigenvalue weighted by molar-refractivity contribution is 8.26. The van der Waals surface area contributed by atoms with E-state index < -0.39 is 0 Å². The van der Waals surface area contributed by atoms with E-state index in [1.165, 1.54) is 11.8 Å². The first-order chi connectivity index (χ1) is 13.1. The largest absolute Gasteiger partial charge is 0.326 e. The third kappa shape index (κ3) is 5.76. The van der Waals surface area contributed by atoms with E-state index in [-0.39, 0.29) is 11.8 Å². The van der Waals surface area contributed by atoms with Crippen molar-refractivity contribution in [1.82, 2.24) is 4.90 Å². The van der Waals surface area contributed by atoms with Crippen LogP contribution in [0.4, 0.5) is 5.69 Å². The zero-order valence-corrected chi connectivity index (χ0v) is 17.2. The third-order valence-corrected chi connectivity index (χ3v) is 6.23. The number of nitrogens with zero attached hydrogens (tertiary/aromatic N) is 1. The minimum atomic E-state index is -0.0137. The molecule has 0 unspecified atom stereocenters. The second kappa shape index (κ2) is 9.82. The normalized spacial score (nSPS) is 15.6. The predicted octanol–water partition coefficient (Wildman–Crippen LogP) is 5.15. The van der Waals surface area contributed by atoms with Crippen molar-refractivity contribution < 1.29 is 9.59 Å². The number of hydrogen-bond donors (Lipinski definition) is 1. The summed E-state index contributed by atoms with van der Waals surface area (Å²) in [4.78, 5) is 27.8. The minimum Gasteiger partial charge on any atom is -0.326 e. The molecule has 1 N–H and O–H groups in total. The summed E-state index contributed by atoms with van der Waals surface area (Å²) in [6.07, 6.45) is 4.88. The summed E-state index contributed by atoms with van der Waals surface area (Å²) < 4.78 is 0.615. The van der Waals surface area contributed by atoms with Crippen molar-refractivity contribution in [2.24, 2.45) is 0 Å². The molecule has 27 heavy (non-hydrogen) atoms. The molecule has 0 aliphatic carbocycles. The first kappa shape index (κ1) is 19.8. The zero-order valence-electron chi connectivity index (χ0n) is 14.7. The van der Waals surface area contributed by atoms with Crippen LogP contribution < -0.4 is 5.32 Å². The van der Waals surface area contributed by atoms with E-state index in [2.05, 4.69) is 5.32 Å². The third-order valence-electron chi connectivity index (χ3n) is 4.03. The number of para-hydroxylation sites is 1. The van der Waals surface area contributed by atoms with Crippen LogP contribution in [0.1, 0.15) is 30.6 Å². The van der Waals surface area contributed by atoms with E-state index in [1.807, 2.05) is 53.9 Å². The van der Waals surface area contributed by atoms with E-state index in [0.717, 1.165) is 29.8 Å². The Balaban J connectivity index is 1.38. The molecule has 0 radical (unpaired) electrons. The highest BCUT2D eigenvalue weighted by Crippen LogP contribution is 2.33. The molecule has 140 valence electrons. The van der Waals surface area contributed by atoms with Crippen molar-refractivity contribution >= 4 is 63.2 Å². The molecule has 0 atom stereocenters. The molecular formula is C20H20N2O2S3. The van der Waals surface area contributed by atoms with Gasteiger partial charge in [-0.05, 0) is 42.5 Å². The van der Waals surface area contributed by atoms with Crippen LogP contribution in [0.15, 0.2) is 52.7 Å². The number of thioether (sulfide) groups is 1. The Hall–Kier alpha value is -1.96. The fraction of sp³-hybridized carbons (Fsp3) is 0.250. The Morgan fingerprint density at radius 1 is 1.11 bits per heavy atom. The van der Waals surface area contributed by atoms with Gasteiger partial charge in [0.1, 0.15) is 4.32 Å². The van der Waals surface area contributed by atoms with Gasteiger partial charge in [-0.15, -0.1) is 11.3 Å². The number of benzene rings is 1. The Kier molecular flexibility index (Phi) is 7.20. The smallest absolute Gasteiger partial charge is 0.266 e. The summed E-state index contributed by atoms with van der Waals surface area (Å²) in [6, 6.07) is 13.4. The van der Waals surface area contributed by atoms with Crippen LogP contribution in [0, 0.1) is 0 Å². The molecule has 1 aromatic heterocycles. The first-order valence-electron chi connectivity index (χ1n) is 8.77. The molecule has 1 aliphatic heterocycles. The molecule has 0 saturated carbocycles. The quantitative estimate of drug-likeness (QED) is 0.367. The summed E-state index contributed by atoms with van der Waals surface area (Å²) in [6.45, 7) is 0.604. The van der Waals surface area contributed by atoms with Gasteiger partial charge in [-0.3, -0.25) is 14.5 Å². The monoisotopic (exact) mass is 416 g/mol. The molecule has 1 saturated heterocycles. The molecule has 2 amide bonds. The lowest BCUT2D eigenvalue weighted by atomic mass is 10.1. The average Bonchev–Trinajstić information content (AvgIpc) is 3.26. The Morgan fingerprint density at radius 2 is 1.93 bits per heavy atom.